The first-order valence-electron chi connectivity index (χ1n) is 21.8. The zero-order chi connectivity index (χ0) is 43.9. The van der Waals surface area contributed by atoms with E-state index in [2.05, 4.69) is 5.32 Å². The van der Waals surface area contributed by atoms with Gasteiger partial charge in [0.25, 0.3) is 0 Å². The molecule has 9 rings (SSSR count). The van der Waals surface area contributed by atoms with Gasteiger partial charge in [0.1, 0.15) is 11.3 Å². The van der Waals surface area contributed by atoms with Crippen molar-refractivity contribution in [1.82, 2.24) is 9.88 Å². The summed E-state index contributed by atoms with van der Waals surface area (Å²) in [6, 6.07) is 9.97. The number of nitrogens with one attached hydrogen (secondary N) is 1. The largest absolute Gasteiger partial charge is 0.492 e. The van der Waals surface area contributed by atoms with E-state index in [9.17, 15) is 29.1 Å². The number of aliphatic hydroxyl groups excluding tert-OH is 1. The average molecular weight is 854 g/mol. The first kappa shape index (κ1) is 42.1. The number of fused-ring (bicyclic) bond motifs is 6. The third kappa shape index (κ3) is 6.37. The summed E-state index contributed by atoms with van der Waals surface area (Å²) in [6.07, 6.45) is 6.14. The maximum absolute atomic E-state index is 18.0. The van der Waals surface area contributed by atoms with Crippen molar-refractivity contribution in [2.24, 2.45) is 22.7 Å². The van der Waals surface area contributed by atoms with Crippen LogP contribution in [-0.4, -0.2) is 89.9 Å². The number of anilines is 1. The lowest BCUT2D eigenvalue weighted by Gasteiger charge is -2.62. The number of alkyl halides is 1. The molecule has 0 radical (unpaired) electrons. The normalized spacial score (nSPS) is 32.7. The van der Waals surface area contributed by atoms with Crippen LogP contribution in [0.4, 0.5) is 14.5 Å². The lowest BCUT2D eigenvalue weighted by atomic mass is 9.44. The fraction of sp³-hybridized carbons (Fsp3) is 0.521. The molecule has 62 heavy (non-hydrogen) atoms. The Bertz CT molecular complexity index is 2500. The Morgan fingerprint density at radius 3 is 2.52 bits per heavy atom. The molecule has 1 aromatic heterocycles. The maximum Gasteiger partial charge on any atom is 0.344 e. The van der Waals surface area contributed by atoms with Gasteiger partial charge in [-0.3, -0.25) is 19.2 Å². The number of carbonyl (C=O) groups excluding carboxylic acids is 4. The Kier molecular flexibility index (Phi) is 10.4. The van der Waals surface area contributed by atoms with Gasteiger partial charge in [0, 0.05) is 54.7 Å². The predicted molar refractivity (Wildman–Crippen MR) is 225 cm³/mol. The number of benzene rings is 2. The second-order valence-electron chi connectivity index (χ2n) is 18.7. The van der Waals surface area contributed by atoms with Gasteiger partial charge in [-0.25, -0.2) is 13.6 Å². The van der Waals surface area contributed by atoms with Crippen LogP contribution in [0.15, 0.2) is 71.2 Å². The number of hydrogen-bond acceptors (Lipinski definition) is 11. The van der Waals surface area contributed by atoms with Crippen molar-refractivity contribution in [2.75, 3.05) is 38.3 Å². The van der Waals surface area contributed by atoms with Crippen molar-refractivity contribution in [3.8, 4) is 5.75 Å². The molecule has 1 unspecified atom stereocenters. The van der Waals surface area contributed by atoms with Gasteiger partial charge in [-0.15, -0.1) is 0 Å². The molecular formula is C48H53F2N3O9. The molecule has 1 saturated heterocycles. The molecule has 4 saturated carbocycles. The number of Topliss-reactive ketones (excluding diaryl/α,β-unsaturated/α-hetero) is 1. The number of esters is 2. The van der Waals surface area contributed by atoms with E-state index in [4.69, 9.17) is 14.2 Å². The van der Waals surface area contributed by atoms with Gasteiger partial charge in [0.2, 0.25) is 11.2 Å². The predicted octanol–water partition coefficient (Wildman–Crippen LogP) is 5.90. The number of hydrogen-bond donors (Lipinski definition) is 2. The Balaban J connectivity index is 1.05. The number of aliphatic hydroxyl groups is 1. The average Bonchev–Trinajstić information content (AvgIpc) is 4.05. The zero-order valence-electron chi connectivity index (χ0n) is 35.5. The highest BCUT2D eigenvalue weighted by atomic mass is 19.1. The molecule has 0 spiro atoms. The molecule has 8 atom stereocenters. The minimum Gasteiger partial charge on any atom is -0.492 e. The standard InChI is InChI=1S/C48H53F2N3O9/c1-27-24-52(19-18-51-27)41-36(49)22-32-40(43(41)60-4)53(30-11-12-30)25-33(42(32)58)44(59)61-26-38(56)47(62-39(57)20-28-8-6-5-7-9-28)17-15-34-35-13-10-29-21-31(54)14-16-45(29,2)48(35,50)37(55)23-46(34,47)3/h5-9,14,16,21-22,25,27,30,34-35,37,51,55H,10-13,15,17-20,23-24,26H2,1-4H3/t27?,34-,35-,37-,45-,46-,47-,48-/m0/s1. The highest BCUT2D eigenvalue weighted by Gasteiger charge is 2.75. The third-order valence-corrected chi connectivity index (χ3v) is 15.3. The molecule has 5 fully saturated rings. The third-order valence-electron chi connectivity index (χ3n) is 15.3. The molecule has 14 heteroatoms. The lowest BCUT2D eigenvalue weighted by molar-refractivity contribution is -0.225. The number of rotatable bonds is 10. The Hall–Kier alpha value is -5.21. The molecule has 0 bridgehead atoms. The Morgan fingerprint density at radius 2 is 1.81 bits per heavy atom. The van der Waals surface area contributed by atoms with Gasteiger partial charge in [-0.05, 0) is 88.5 Å². The summed E-state index contributed by atoms with van der Waals surface area (Å²) < 4.78 is 53.7. The van der Waals surface area contributed by atoms with Crippen molar-refractivity contribution in [3.63, 3.8) is 0 Å². The summed E-state index contributed by atoms with van der Waals surface area (Å²) in [7, 11) is 1.42. The van der Waals surface area contributed by atoms with Gasteiger partial charge < -0.3 is 34.1 Å². The number of nitrogens with zero attached hydrogens (tertiary/aromatic N) is 2. The number of aromatic nitrogens is 1. The number of methoxy groups -OCH3 is 1. The van der Waals surface area contributed by atoms with Gasteiger partial charge >= 0.3 is 11.9 Å². The number of halogens is 2. The van der Waals surface area contributed by atoms with Crippen molar-refractivity contribution in [1.29, 1.82) is 0 Å². The van der Waals surface area contributed by atoms with Crippen molar-refractivity contribution in [3.05, 3.63) is 93.6 Å². The molecule has 2 aromatic carbocycles. The van der Waals surface area contributed by atoms with Gasteiger partial charge in [-0.2, -0.15) is 0 Å². The van der Waals surface area contributed by atoms with E-state index < -0.39 is 81.2 Å². The van der Waals surface area contributed by atoms with Crippen LogP contribution in [0.3, 0.4) is 0 Å². The topological polar surface area (TPSA) is 153 Å². The van der Waals surface area contributed by atoms with Gasteiger partial charge in [0.15, 0.2) is 35.2 Å². The minimum absolute atomic E-state index is 0.0180. The SMILES string of the molecule is COc1c(N2CCNC(C)C2)c(F)cc2c(=O)c(C(=O)OCC(=O)[C@@]3(OC(=O)Cc4ccccc4)CC[C@H]4[C@@H]5CCC6=CC(=O)C=C[C@]6(C)[C@@]5(F)[C@@H](O)C[C@@]43C)cn(C3CC3)c12. The van der Waals surface area contributed by atoms with Crippen LogP contribution in [0, 0.1) is 28.5 Å². The molecule has 2 heterocycles. The highest BCUT2D eigenvalue weighted by Crippen LogP contribution is 2.70. The van der Waals surface area contributed by atoms with Gasteiger partial charge in [-0.1, -0.05) is 48.9 Å². The highest BCUT2D eigenvalue weighted by molar-refractivity contribution is 6.02. The molecule has 5 aliphatic carbocycles. The number of ether oxygens (including phenoxy) is 3. The summed E-state index contributed by atoms with van der Waals surface area (Å²) in [4.78, 5) is 71.3. The number of piperazine rings is 1. The van der Waals surface area contributed by atoms with Crippen LogP contribution in [0.25, 0.3) is 10.9 Å². The molecule has 3 aromatic rings. The Labute approximate surface area is 358 Å². The van der Waals surface area contributed by atoms with Crippen molar-refractivity contribution >= 4 is 40.1 Å². The molecule has 2 N–H and O–H groups in total. The fourth-order valence-electron chi connectivity index (χ4n) is 12.1. The van der Waals surface area contributed by atoms with Crippen LogP contribution < -0.4 is 20.4 Å². The molecule has 0 amide bonds. The summed E-state index contributed by atoms with van der Waals surface area (Å²) in [5.74, 6) is -4.63. The van der Waals surface area contributed by atoms with Crippen molar-refractivity contribution in [2.45, 2.75) is 102 Å². The maximum atomic E-state index is 18.0. The monoisotopic (exact) mass is 853 g/mol. The lowest BCUT2D eigenvalue weighted by Crippen LogP contribution is -2.69. The van der Waals surface area contributed by atoms with Crippen LogP contribution in [0.5, 0.6) is 5.75 Å². The van der Waals surface area contributed by atoms with E-state index in [1.165, 1.54) is 25.5 Å². The second kappa shape index (κ2) is 15.3. The number of allylic oxidation sites excluding steroid dienone is 4. The summed E-state index contributed by atoms with van der Waals surface area (Å²) in [5, 5.41) is 15.3. The minimum atomic E-state index is -2.19. The molecule has 328 valence electrons. The summed E-state index contributed by atoms with van der Waals surface area (Å²) in [5.41, 5.74) is -6.05. The first-order chi connectivity index (χ1) is 29.6. The van der Waals surface area contributed by atoms with E-state index in [-0.39, 0.29) is 60.4 Å². The zero-order valence-corrected chi connectivity index (χ0v) is 35.5. The first-order valence-corrected chi connectivity index (χ1v) is 21.8. The van der Waals surface area contributed by atoms with Gasteiger partial charge in [0.05, 0.1) is 30.5 Å². The van der Waals surface area contributed by atoms with E-state index in [1.54, 1.807) is 54.8 Å². The molecule has 1 aliphatic heterocycles. The molecule has 6 aliphatic rings. The van der Waals surface area contributed by atoms with Crippen LogP contribution in [0.1, 0.15) is 87.7 Å². The summed E-state index contributed by atoms with van der Waals surface area (Å²) >= 11 is 0. The quantitative estimate of drug-likeness (QED) is 0.235. The number of ketones is 2. The molecule has 12 nitrogen and oxygen atoms in total. The van der Waals surface area contributed by atoms with Crippen molar-refractivity contribution < 1.29 is 47.3 Å². The smallest absolute Gasteiger partial charge is 0.344 e. The molecular weight excluding hydrogens is 801 g/mol. The Morgan fingerprint density at radius 1 is 1.05 bits per heavy atom. The summed E-state index contributed by atoms with van der Waals surface area (Å²) in [6.45, 7) is 6.21. The van der Waals surface area contributed by atoms with Crippen LogP contribution in [-0.2, 0) is 30.3 Å². The van der Waals surface area contributed by atoms with Crippen LogP contribution >= 0.6 is 0 Å². The number of pyridine rings is 1. The second-order valence-corrected chi connectivity index (χ2v) is 18.7. The van der Waals surface area contributed by atoms with E-state index in [0.29, 0.717) is 49.1 Å². The van der Waals surface area contributed by atoms with Crippen LogP contribution in [0.2, 0.25) is 0 Å². The van der Waals surface area contributed by atoms with E-state index in [1.807, 2.05) is 11.8 Å². The number of carbonyl (C=O) groups is 4. The fourth-order valence-corrected chi connectivity index (χ4v) is 12.1. The van der Waals surface area contributed by atoms with E-state index in [0.717, 1.165) is 18.9 Å². The van der Waals surface area contributed by atoms with E-state index >= 15 is 8.78 Å².